The molecule has 1 aliphatic heterocycles. The third-order valence-electron chi connectivity index (χ3n) is 4.06. The highest BCUT2D eigenvalue weighted by Crippen LogP contribution is 2.38. The molecular weight excluding hydrogens is 298 g/mol. The third-order valence-corrected chi connectivity index (χ3v) is 5.31. The minimum atomic E-state index is -0.0171. The van der Waals surface area contributed by atoms with Crippen molar-refractivity contribution in [1.82, 2.24) is 10.1 Å². The van der Waals surface area contributed by atoms with E-state index in [1.807, 2.05) is 35.2 Å². The maximum absolute atomic E-state index is 12.5. The lowest BCUT2D eigenvalue weighted by atomic mass is 10.3. The molecule has 1 aromatic carbocycles. The first-order valence-corrected chi connectivity index (χ1v) is 8.66. The van der Waals surface area contributed by atoms with Crippen molar-refractivity contribution in [3.63, 3.8) is 0 Å². The van der Waals surface area contributed by atoms with Gasteiger partial charge < -0.3 is 9.42 Å². The molecule has 0 unspecified atom stereocenters. The number of hydrogen-bond acceptors (Lipinski definition) is 5. The summed E-state index contributed by atoms with van der Waals surface area (Å²) in [5, 5.41) is 3.99. The molecular formula is C16H17N3O2S. The fourth-order valence-electron chi connectivity index (χ4n) is 2.68. The summed E-state index contributed by atoms with van der Waals surface area (Å²) >= 11 is 1.60. The number of amides is 1. The Kier molecular flexibility index (Phi) is 3.62. The average Bonchev–Trinajstić information content (AvgIpc) is 3.18. The fourth-order valence-corrected chi connectivity index (χ4v) is 3.68. The Balaban J connectivity index is 1.36. The Bertz CT molecular complexity index is 669. The van der Waals surface area contributed by atoms with Crippen LogP contribution in [-0.2, 0) is 10.5 Å². The molecule has 1 amide bonds. The lowest BCUT2D eigenvalue weighted by Crippen LogP contribution is -2.27. The molecule has 0 N–H and O–H groups in total. The number of hydrogen-bond donors (Lipinski definition) is 0. The smallest absolute Gasteiger partial charge is 0.240 e. The first-order chi connectivity index (χ1) is 10.8. The highest BCUT2D eigenvalue weighted by atomic mass is 32.2. The third kappa shape index (κ3) is 2.75. The first kappa shape index (κ1) is 13.8. The van der Waals surface area contributed by atoms with Gasteiger partial charge in [-0.25, -0.2) is 0 Å². The van der Waals surface area contributed by atoms with Crippen molar-refractivity contribution in [3.05, 3.63) is 42.0 Å². The summed E-state index contributed by atoms with van der Waals surface area (Å²) in [7, 11) is 0. The quantitative estimate of drug-likeness (QED) is 0.849. The molecule has 22 heavy (non-hydrogen) atoms. The van der Waals surface area contributed by atoms with Crippen molar-refractivity contribution in [3.8, 4) is 0 Å². The van der Waals surface area contributed by atoms with Gasteiger partial charge in [0.25, 0.3) is 0 Å². The van der Waals surface area contributed by atoms with Gasteiger partial charge in [0.1, 0.15) is 0 Å². The molecule has 1 saturated carbocycles. The predicted molar refractivity (Wildman–Crippen MR) is 84.8 cm³/mol. The second-order valence-electron chi connectivity index (χ2n) is 5.73. The van der Waals surface area contributed by atoms with Crippen LogP contribution in [0.15, 0.2) is 34.9 Å². The molecule has 4 rings (SSSR count). The van der Waals surface area contributed by atoms with Gasteiger partial charge in [0.15, 0.2) is 5.82 Å². The number of benzene rings is 1. The van der Waals surface area contributed by atoms with E-state index in [0.717, 1.165) is 24.5 Å². The Hall–Kier alpha value is -1.82. The fraction of sp³-hybridized carbons (Fsp3) is 0.438. The van der Waals surface area contributed by atoms with Crippen molar-refractivity contribution in [2.75, 3.05) is 11.4 Å². The number of thioether (sulfide) groups is 1. The van der Waals surface area contributed by atoms with Crippen LogP contribution in [0, 0.1) is 0 Å². The number of carbonyl (C=O) groups excluding carboxylic acids is 1. The minimum absolute atomic E-state index is 0.0171. The molecule has 1 aromatic heterocycles. The predicted octanol–water partition coefficient (Wildman–Crippen LogP) is 2.99. The second kappa shape index (κ2) is 5.76. The molecule has 2 aliphatic rings. The summed E-state index contributed by atoms with van der Waals surface area (Å²) in [6.45, 7) is 0.775. The van der Waals surface area contributed by atoms with Gasteiger partial charge in [0.05, 0.1) is 11.0 Å². The van der Waals surface area contributed by atoms with E-state index >= 15 is 0 Å². The van der Waals surface area contributed by atoms with E-state index in [1.54, 1.807) is 11.8 Å². The molecule has 114 valence electrons. The van der Waals surface area contributed by atoms with Gasteiger partial charge in [-0.3, -0.25) is 4.79 Å². The first-order valence-electron chi connectivity index (χ1n) is 7.62. The van der Waals surface area contributed by atoms with Gasteiger partial charge in [-0.15, -0.1) is 11.8 Å². The Labute approximate surface area is 133 Å². The van der Waals surface area contributed by atoms with E-state index in [0.29, 0.717) is 17.6 Å². The summed E-state index contributed by atoms with van der Waals surface area (Å²) in [5.41, 5.74) is 0.976. The molecule has 0 radical (unpaired) electrons. The second-order valence-corrected chi connectivity index (χ2v) is 6.93. The van der Waals surface area contributed by atoms with Gasteiger partial charge in [0, 0.05) is 18.2 Å². The number of para-hydroxylation sites is 1. The molecule has 0 bridgehead atoms. The van der Waals surface area contributed by atoms with Crippen LogP contribution < -0.4 is 4.90 Å². The van der Waals surface area contributed by atoms with Crippen LogP contribution in [0.4, 0.5) is 5.69 Å². The number of anilines is 1. The molecule has 2 fully saturated rings. The van der Waals surface area contributed by atoms with Crippen LogP contribution in [0.5, 0.6) is 0 Å². The largest absolute Gasteiger partial charge is 0.338 e. The van der Waals surface area contributed by atoms with Gasteiger partial charge in [-0.05, 0) is 31.4 Å². The minimum Gasteiger partial charge on any atom is -0.338 e. The number of rotatable bonds is 5. The van der Waals surface area contributed by atoms with Crippen LogP contribution in [0.2, 0.25) is 0 Å². The maximum Gasteiger partial charge on any atom is 0.240 e. The zero-order valence-electron chi connectivity index (χ0n) is 12.1. The highest BCUT2D eigenvalue weighted by Gasteiger charge is 2.33. The molecule has 1 atom stereocenters. The molecule has 0 spiro atoms. The Morgan fingerprint density at radius 2 is 2.05 bits per heavy atom. The highest BCUT2D eigenvalue weighted by molar-refractivity contribution is 7.99. The summed E-state index contributed by atoms with van der Waals surface area (Å²) in [4.78, 5) is 18.8. The molecule has 5 nitrogen and oxygen atoms in total. The van der Waals surface area contributed by atoms with Crippen molar-refractivity contribution in [2.24, 2.45) is 0 Å². The van der Waals surface area contributed by atoms with Gasteiger partial charge >= 0.3 is 0 Å². The van der Waals surface area contributed by atoms with Crippen molar-refractivity contribution in [1.29, 1.82) is 0 Å². The standard InChI is InChI=1S/C16H17N3O2S/c20-16-13(8-9-19(16)12-4-2-1-3-5-12)22-10-14-17-15(18-21-14)11-6-7-11/h1-5,11,13H,6-10H2/t13-/m0/s1. The van der Waals surface area contributed by atoms with Crippen LogP contribution >= 0.6 is 11.8 Å². The summed E-state index contributed by atoms with van der Waals surface area (Å²) in [5.74, 6) is 2.76. The Morgan fingerprint density at radius 3 is 2.82 bits per heavy atom. The summed E-state index contributed by atoms with van der Waals surface area (Å²) < 4.78 is 5.27. The van der Waals surface area contributed by atoms with Gasteiger partial charge in [-0.1, -0.05) is 23.4 Å². The topological polar surface area (TPSA) is 59.2 Å². The van der Waals surface area contributed by atoms with E-state index in [2.05, 4.69) is 10.1 Å². The van der Waals surface area contributed by atoms with Gasteiger partial charge in [0.2, 0.25) is 11.8 Å². The zero-order valence-corrected chi connectivity index (χ0v) is 13.0. The van der Waals surface area contributed by atoms with Crippen LogP contribution in [0.25, 0.3) is 0 Å². The zero-order chi connectivity index (χ0) is 14.9. The SMILES string of the molecule is O=C1[C@@H](SCc2nc(C3CC3)no2)CCN1c1ccccc1. The van der Waals surface area contributed by atoms with Crippen molar-refractivity contribution >= 4 is 23.4 Å². The lowest BCUT2D eigenvalue weighted by molar-refractivity contribution is -0.116. The van der Waals surface area contributed by atoms with E-state index in [4.69, 9.17) is 4.52 Å². The number of nitrogens with zero attached hydrogens (tertiary/aromatic N) is 3. The van der Waals surface area contributed by atoms with E-state index < -0.39 is 0 Å². The van der Waals surface area contributed by atoms with E-state index in [9.17, 15) is 4.79 Å². The summed E-state index contributed by atoms with van der Waals surface area (Å²) in [6.07, 6.45) is 3.19. The van der Waals surface area contributed by atoms with E-state index in [1.165, 1.54) is 12.8 Å². The van der Waals surface area contributed by atoms with Crippen LogP contribution in [0.3, 0.4) is 0 Å². The molecule has 1 aliphatic carbocycles. The summed E-state index contributed by atoms with van der Waals surface area (Å²) in [6, 6.07) is 9.83. The van der Waals surface area contributed by atoms with Crippen molar-refractivity contribution in [2.45, 2.75) is 36.2 Å². The molecule has 2 aromatic rings. The number of carbonyl (C=O) groups is 1. The molecule has 2 heterocycles. The number of aromatic nitrogens is 2. The maximum atomic E-state index is 12.5. The molecule has 1 saturated heterocycles. The normalized spacial score (nSPS) is 21.5. The van der Waals surface area contributed by atoms with E-state index in [-0.39, 0.29) is 11.2 Å². The van der Waals surface area contributed by atoms with Crippen LogP contribution in [-0.4, -0.2) is 27.8 Å². The monoisotopic (exact) mass is 315 g/mol. The Morgan fingerprint density at radius 1 is 1.23 bits per heavy atom. The van der Waals surface area contributed by atoms with Crippen molar-refractivity contribution < 1.29 is 9.32 Å². The van der Waals surface area contributed by atoms with Crippen LogP contribution in [0.1, 0.15) is 36.9 Å². The average molecular weight is 315 g/mol. The van der Waals surface area contributed by atoms with Gasteiger partial charge in [-0.2, -0.15) is 4.98 Å². The lowest BCUT2D eigenvalue weighted by Gasteiger charge is -2.16. The molecule has 6 heteroatoms.